The maximum Gasteiger partial charge on any atom is 0.357 e. The second-order valence-electron chi connectivity index (χ2n) is 5.47. The lowest BCUT2D eigenvalue weighted by Crippen LogP contribution is -1.99. The first kappa shape index (κ1) is 14.9. The van der Waals surface area contributed by atoms with Crippen molar-refractivity contribution in [1.82, 2.24) is 20.0 Å². The van der Waals surface area contributed by atoms with Crippen molar-refractivity contribution in [3.05, 3.63) is 72.2 Å². The lowest BCUT2D eigenvalue weighted by atomic mass is 10.2. The molecule has 0 bridgehead atoms. The zero-order chi connectivity index (χ0) is 17.2. The number of carboxylic acids is 1. The average Bonchev–Trinajstić information content (AvgIpc) is 3.30. The lowest BCUT2D eigenvalue weighted by molar-refractivity contribution is 0.0692. The van der Waals surface area contributed by atoms with Gasteiger partial charge in [0.05, 0.1) is 5.69 Å². The molecule has 2 aromatic carbocycles. The smallest absolute Gasteiger partial charge is 0.357 e. The predicted molar refractivity (Wildman–Crippen MR) is 90.9 cm³/mol. The fourth-order valence-electron chi connectivity index (χ4n) is 2.67. The van der Waals surface area contributed by atoms with Crippen LogP contribution in [0.15, 0.2) is 60.9 Å². The zero-order valence-corrected chi connectivity index (χ0v) is 13.1. The number of aromatic carboxylic acids is 1. The third-order valence-corrected chi connectivity index (χ3v) is 3.84. The monoisotopic (exact) mass is 334 g/mol. The number of aromatic nitrogens is 4. The van der Waals surface area contributed by atoms with Crippen molar-refractivity contribution in [2.75, 3.05) is 0 Å². The van der Waals surface area contributed by atoms with Gasteiger partial charge in [-0.3, -0.25) is 5.10 Å². The molecule has 124 valence electrons. The molecule has 0 radical (unpaired) electrons. The highest BCUT2D eigenvalue weighted by molar-refractivity contribution is 6.02. The second-order valence-corrected chi connectivity index (χ2v) is 5.47. The second kappa shape index (κ2) is 6.12. The maximum atomic E-state index is 11.2. The van der Waals surface area contributed by atoms with Gasteiger partial charge in [0.1, 0.15) is 17.9 Å². The van der Waals surface area contributed by atoms with Gasteiger partial charge in [-0.15, -0.1) is 0 Å². The number of carbonyl (C=O) groups is 1. The normalized spacial score (nSPS) is 10.9. The van der Waals surface area contributed by atoms with Crippen LogP contribution in [0.4, 0.5) is 0 Å². The third-order valence-electron chi connectivity index (χ3n) is 3.84. The highest BCUT2D eigenvalue weighted by atomic mass is 16.5. The molecule has 0 aliphatic heterocycles. The van der Waals surface area contributed by atoms with E-state index in [1.807, 2.05) is 36.5 Å². The summed E-state index contributed by atoms with van der Waals surface area (Å²) in [6.45, 7) is 0.343. The van der Waals surface area contributed by atoms with Crippen molar-refractivity contribution in [3.8, 4) is 11.4 Å². The SMILES string of the molecule is O=C(O)c1n[nH]c2c(OCc3cccc(-n4cccn4)c3)cccc12. The molecule has 7 nitrogen and oxygen atoms in total. The third kappa shape index (κ3) is 2.83. The van der Waals surface area contributed by atoms with Crippen LogP contribution in [0.1, 0.15) is 16.1 Å². The van der Waals surface area contributed by atoms with Crippen LogP contribution >= 0.6 is 0 Å². The van der Waals surface area contributed by atoms with Gasteiger partial charge in [-0.25, -0.2) is 9.48 Å². The molecular weight excluding hydrogens is 320 g/mol. The van der Waals surface area contributed by atoms with Gasteiger partial charge >= 0.3 is 5.97 Å². The summed E-state index contributed by atoms with van der Waals surface area (Å²) >= 11 is 0. The molecule has 4 rings (SSSR count). The Hall–Kier alpha value is -3.61. The fraction of sp³-hybridized carbons (Fsp3) is 0.0556. The molecule has 2 aromatic heterocycles. The number of aromatic amines is 1. The molecule has 4 aromatic rings. The molecule has 2 heterocycles. The molecule has 0 fully saturated rings. The summed E-state index contributed by atoms with van der Waals surface area (Å²) in [5, 5.41) is 20.5. The van der Waals surface area contributed by atoms with Crippen LogP contribution in [0.5, 0.6) is 5.75 Å². The molecule has 0 unspecified atom stereocenters. The lowest BCUT2D eigenvalue weighted by Gasteiger charge is -2.09. The van der Waals surface area contributed by atoms with Crippen molar-refractivity contribution in [2.45, 2.75) is 6.61 Å². The van der Waals surface area contributed by atoms with E-state index in [4.69, 9.17) is 9.84 Å². The minimum atomic E-state index is -1.07. The number of nitrogens with zero attached hydrogens (tertiary/aromatic N) is 3. The number of benzene rings is 2. The first-order chi connectivity index (χ1) is 12.2. The molecule has 0 aliphatic rings. The summed E-state index contributed by atoms with van der Waals surface area (Å²) in [7, 11) is 0. The van der Waals surface area contributed by atoms with Crippen LogP contribution in [-0.2, 0) is 6.61 Å². The van der Waals surface area contributed by atoms with Crippen LogP contribution in [0, 0.1) is 0 Å². The summed E-state index contributed by atoms with van der Waals surface area (Å²) in [6.07, 6.45) is 3.60. The summed E-state index contributed by atoms with van der Waals surface area (Å²) in [6, 6.07) is 14.9. The Labute approximate surface area is 142 Å². The van der Waals surface area contributed by atoms with E-state index in [1.165, 1.54) is 0 Å². The topological polar surface area (TPSA) is 93.0 Å². The fourth-order valence-corrected chi connectivity index (χ4v) is 2.67. The van der Waals surface area contributed by atoms with Crippen LogP contribution in [-0.4, -0.2) is 31.1 Å². The molecule has 7 heteroatoms. The van der Waals surface area contributed by atoms with E-state index in [1.54, 1.807) is 29.1 Å². The minimum Gasteiger partial charge on any atom is -0.487 e. The molecule has 0 aliphatic carbocycles. The first-order valence-corrected chi connectivity index (χ1v) is 7.64. The molecule has 25 heavy (non-hydrogen) atoms. The summed E-state index contributed by atoms with van der Waals surface area (Å²) < 4.78 is 7.65. The van der Waals surface area contributed by atoms with Crippen LogP contribution in [0.2, 0.25) is 0 Å². The van der Waals surface area contributed by atoms with E-state index < -0.39 is 5.97 Å². The number of ether oxygens (including phenoxy) is 1. The molecular formula is C18H14N4O3. The number of nitrogens with one attached hydrogen (secondary N) is 1. The van der Waals surface area contributed by atoms with Gasteiger partial charge in [0, 0.05) is 17.8 Å². The van der Waals surface area contributed by atoms with E-state index in [2.05, 4.69) is 15.3 Å². The first-order valence-electron chi connectivity index (χ1n) is 7.64. The largest absolute Gasteiger partial charge is 0.487 e. The Morgan fingerprint density at radius 2 is 2.08 bits per heavy atom. The van der Waals surface area contributed by atoms with E-state index in [0.29, 0.717) is 23.3 Å². The summed E-state index contributed by atoms with van der Waals surface area (Å²) in [5.41, 5.74) is 2.48. The molecule has 0 amide bonds. The number of fused-ring (bicyclic) bond motifs is 1. The highest BCUT2D eigenvalue weighted by Gasteiger charge is 2.15. The van der Waals surface area contributed by atoms with E-state index in [9.17, 15) is 4.79 Å². The van der Waals surface area contributed by atoms with Gasteiger partial charge in [-0.2, -0.15) is 10.2 Å². The summed E-state index contributed by atoms with van der Waals surface area (Å²) in [4.78, 5) is 11.2. The van der Waals surface area contributed by atoms with E-state index in [-0.39, 0.29) is 5.69 Å². The number of hydrogen-bond acceptors (Lipinski definition) is 4. The van der Waals surface area contributed by atoms with Gasteiger partial charge in [0.25, 0.3) is 0 Å². The van der Waals surface area contributed by atoms with Gasteiger partial charge in [0.15, 0.2) is 5.69 Å². The van der Waals surface area contributed by atoms with Crippen molar-refractivity contribution in [2.24, 2.45) is 0 Å². The van der Waals surface area contributed by atoms with Gasteiger partial charge in [-0.05, 0) is 29.8 Å². The molecule has 0 spiro atoms. The van der Waals surface area contributed by atoms with Crippen LogP contribution < -0.4 is 4.74 Å². The van der Waals surface area contributed by atoms with Crippen LogP contribution in [0.3, 0.4) is 0 Å². The van der Waals surface area contributed by atoms with E-state index >= 15 is 0 Å². The van der Waals surface area contributed by atoms with Gasteiger partial charge < -0.3 is 9.84 Å². The molecule has 0 atom stereocenters. The number of rotatable bonds is 5. The maximum absolute atomic E-state index is 11.2. The molecule has 0 saturated heterocycles. The quantitative estimate of drug-likeness (QED) is 0.585. The Morgan fingerprint density at radius 3 is 2.88 bits per heavy atom. The average molecular weight is 334 g/mol. The van der Waals surface area contributed by atoms with Gasteiger partial charge in [0.2, 0.25) is 0 Å². The number of hydrogen-bond donors (Lipinski definition) is 2. The van der Waals surface area contributed by atoms with Crippen LogP contribution in [0.25, 0.3) is 16.6 Å². The van der Waals surface area contributed by atoms with Crippen molar-refractivity contribution in [1.29, 1.82) is 0 Å². The minimum absolute atomic E-state index is 0.0128. The van der Waals surface area contributed by atoms with Crippen molar-refractivity contribution < 1.29 is 14.6 Å². The standard InChI is InChI=1S/C18H14N4O3/c23-18(24)17-14-6-2-7-15(16(14)20-21-17)25-11-12-4-1-5-13(10-12)22-9-3-8-19-22/h1-10H,11H2,(H,20,21)(H,23,24). The van der Waals surface area contributed by atoms with E-state index in [0.717, 1.165) is 11.3 Å². The molecule has 2 N–H and O–H groups in total. The number of H-pyrrole nitrogens is 1. The van der Waals surface area contributed by atoms with Crippen molar-refractivity contribution in [3.63, 3.8) is 0 Å². The Bertz CT molecular complexity index is 1040. The Kier molecular flexibility index (Phi) is 3.66. The number of carboxylic acid groups (broad SMARTS) is 1. The van der Waals surface area contributed by atoms with Crippen molar-refractivity contribution >= 4 is 16.9 Å². The Balaban J connectivity index is 1.59. The number of para-hydroxylation sites is 1. The zero-order valence-electron chi connectivity index (χ0n) is 13.1. The summed E-state index contributed by atoms with van der Waals surface area (Å²) in [5.74, 6) is -0.516. The molecule has 0 saturated carbocycles. The Morgan fingerprint density at radius 1 is 1.20 bits per heavy atom. The van der Waals surface area contributed by atoms with Gasteiger partial charge in [-0.1, -0.05) is 24.3 Å². The highest BCUT2D eigenvalue weighted by Crippen LogP contribution is 2.26. The predicted octanol–water partition coefficient (Wildman–Crippen LogP) is 3.03.